The molecule has 0 fully saturated rings. The van der Waals surface area contributed by atoms with E-state index < -0.39 is 12.0 Å². The number of aromatic nitrogens is 1. The number of carbonyl (C=O) groups is 1. The molecule has 0 radical (unpaired) electrons. The molecule has 0 amide bonds. The largest absolute Gasteiger partial charge is 0.497 e. The SMILES string of the molecule is CCOC(=O)C1=C(C)N=c2s/c(=C\c3ccc(-c4cccc(Br)c4)o3)c(=O)n2C1c1cccc(OC)c1. The van der Waals surface area contributed by atoms with Gasteiger partial charge in [0.1, 0.15) is 17.3 Å². The van der Waals surface area contributed by atoms with Crippen molar-refractivity contribution in [2.24, 2.45) is 4.99 Å². The first-order chi connectivity index (χ1) is 17.9. The zero-order chi connectivity index (χ0) is 26.1. The maximum atomic E-state index is 13.7. The Hall–Kier alpha value is -3.69. The zero-order valence-electron chi connectivity index (χ0n) is 20.4. The van der Waals surface area contributed by atoms with E-state index in [0.717, 1.165) is 15.6 Å². The van der Waals surface area contributed by atoms with Crippen LogP contribution in [-0.2, 0) is 9.53 Å². The second kappa shape index (κ2) is 10.4. The van der Waals surface area contributed by atoms with Crippen molar-refractivity contribution in [3.8, 4) is 17.1 Å². The number of benzene rings is 2. The summed E-state index contributed by atoms with van der Waals surface area (Å²) in [6.07, 6.45) is 1.71. The maximum Gasteiger partial charge on any atom is 0.338 e. The third-order valence-corrected chi connectivity index (χ3v) is 7.41. The van der Waals surface area contributed by atoms with Crippen LogP contribution in [0.3, 0.4) is 0 Å². The molecule has 9 heteroatoms. The van der Waals surface area contributed by atoms with Crippen LogP contribution in [0.25, 0.3) is 17.4 Å². The maximum absolute atomic E-state index is 13.7. The molecule has 5 rings (SSSR count). The molecule has 0 spiro atoms. The first-order valence-electron chi connectivity index (χ1n) is 11.6. The average Bonchev–Trinajstić information content (AvgIpc) is 3.48. The summed E-state index contributed by atoms with van der Waals surface area (Å²) >= 11 is 4.73. The molecule has 0 N–H and O–H groups in total. The number of fused-ring (bicyclic) bond motifs is 1. The number of halogens is 1. The molecule has 37 heavy (non-hydrogen) atoms. The van der Waals surface area contributed by atoms with Crippen molar-refractivity contribution in [1.29, 1.82) is 0 Å². The van der Waals surface area contributed by atoms with Gasteiger partial charge in [-0.3, -0.25) is 9.36 Å². The lowest BCUT2D eigenvalue weighted by Crippen LogP contribution is -2.39. The van der Waals surface area contributed by atoms with E-state index in [4.69, 9.17) is 13.9 Å². The first kappa shape index (κ1) is 25.0. The number of rotatable bonds is 6. The quantitative estimate of drug-likeness (QED) is 0.306. The molecule has 0 bridgehead atoms. The van der Waals surface area contributed by atoms with E-state index in [1.54, 1.807) is 31.6 Å². The topological polar surface area (TPSA) is 83.0 Å². The third-order valence-electron chi connectivity index (χ3n) is 5.94. The van der Waals surface area contributed by atoms with E-state index in [9.17, 15) is 9.59 Å². The lowest BCUT2D eigenvalue weighted by molar-refractivity contribution is -0.139. The molecule has 4 aromatic rings. The van der Waals surface area contributed by atoms with Gasteiger partial charge in [0.25, 0.3) is 5.56 Å². The molecule has 0 aliphatic carbocycles. The molecule has 1 unspecified atom stereocenters. The average molecular weight is 579 g/mol. The third kappa shape index (κ3) is 4.84. The van der Waals surface area contributed by atoms with Gasteiger partial charge in [-0.2, -0.15) is 0 Å². The molecule has 188 valence electrons. The molecular weight excluding hydrogens is 556 g/mol. The number of allylic oxidation sites excluding steroid dienone is 1. The van der Waals surface area contributed by atoms with Gasteiger partial charge >= 0.3 is 5.97 Å². The van der Waals surface area contributed by atoms with Gasteiger partial charge in [0.05, 0.1) is 35.6 Å². The Bertz CT molecular complexity index is 1710. The Morgan fingerprint density at radius 3 is 2.76 bits per heavy atom. The van der Waals surface area contributed by atoms with Crippen LogP contribution >= 0.6 is 27.3 Å². The molecule has 3 heterocycles. The van der Waals surface area contributed by atoms with Crippen LogP contribution in [0.5, 0.6) is 5.75 Å². The molecule has 1 aliphatic heterocycles. The highest BCUT2D eigenvalue weighted by Gasteiger charge is 2.33. The Labute approximate surface area is 225 Å². The summed E-state index contributed by atoms with van der Waals surface area (Å²) in [6.45, 7) is 3.71. The number of hydrogen-bond donors (Lipinski definition) is 0. The van der Waals surface area contributed by atoms with Gasteiger partial charge in [0, 0.05) is 16.1 Å². The summed E-state index contributed by atoms with van der Waals surface area (Å²) in [4.78, 5) is 31.9. The van der Waals surface area contributed by atoms with Crippen molar-refractivity contribution >= 4 is 39.3 Å². The highest BCUT2D eigenvalue weighted by molar-refractivity contribution is 9.10. The van der Waals surface area contributed by atoms with Crippen LogP contribution in [-0.4, -0.2) is 24.3 Å². The summed E-state index contributed by atoms with van der Waals surface area (Å²) in [5, 5.41) is 0. The van der Waals surface area contributed by atoms with Crippen molar-refractivity contribution in [3.05, 3.63) is 107 Å². The Balaban J connectivity index is 1.65. The molecule has 0 saturated heterocycles. The standard InChI is InChI=1S/C28H23BrN2O5S/c1-4-35-27(33)24-16(2)30-28-31(25(24)18-8-6-10-20(14-18)34-3)26(32)23(37-28)15-21-11-12-22(36-21)17-7-5-9-19(29)13-17/h5-15,25H,4H2,1-3H3/b23-15-. The van der Waals surface area contributed by atoms with Crippen LogP contribution in [0.2, 0.25) is 0 Å². The van der Waals surface area contributed by atoms with Gasteiger partial charge in [0.2, 0.25) is 0 Å². The second-order valence-corrected chi connectivity index (χ2v) is 10.2. The summed E-state index contributed by atoms with van der Waals surface area (Å²) in [5.41, 5.74) is 2.20. The van der Waals surface area contributed by atoms with E-state index in [1.807, 2.05) is 60.7 Å². The minimum Gasteiger partial charge on any atom is -0.497 e. The van der Waals surface area contributed by atoms with Crippen LogP contribution in [0.1, 0.15) is 31.2 Å². The van der Waals surface area contributed by atoms with Crippen molar-refractivity contribution < 1.29 is 18.7 Å². The minimum atomic E-state index is -0.707. The van der Waals surface area contributed by atoms with Crippen LogP contribution in [0.4, 0.5) is 0 Å². The van der Waals surface area contributed by atoms with E-state index in [-0.39, 0.29) is 12.2 Å². The van der Waals surface area contributed by atoms with Gasteiger partial charge in [-0.1, -0.05) is 51.5 Å². The number of carbonyl (C=O) groups excluding carboxylic acids is 1. The van der Waals surface area contributed by atoms with Gasteiger partial charge in [-0.05, 0) is 55.8 Å². The van der Waals surface area contributed by atoms with Gasteiger partial charge in [0.15, 0.2) is 4.80 Å². The molecule has 1 aliphatic rings. The van der Waals surface area contributed by atoms with Crippen molar-refractivity contribution in [1.82, 2.24) is 4.57 Å². The number of furan rings is 1. The molecule has 2 aromatic carbocycles. The number of hydrogen-bond acceptors (Lipinski definition) is 7. The van der Waals surface area contributed by atoms with Crippen molar-refractivity contribution in [3.63, 3.8) is 0 Å². The summed E-state index contributed by atoms with van der Waals surface area (Å²) in [5.74, 6) is 1.35. The van der Waals surface area contributed by atoms with Gasteiger partial charge < -0.3 is 13.9 Å². The van der Waals surface area contributed by atoms with Gasteiger partial charge in [-0.25, -0.2) is 9.79 Å². The highest BCUT2D eigenvalue weighted by atomic mass is 79.9. The van der Waals surface area contributed by atoms with Gasteiger partial charge in [-0.15, -0.1) is 0 Å². The first-order valence-corrected chi connectivity index (χ1v) is 13.2. The normalized spacial score (nSPS) is 15.4. The number of esters is 1. The minimum absolute atomic E-state index is 0.212. The predicted octanol–water partition coefficient (Wildman–Crippen LogP) is 4.83. The highest BCUT2D eigenvalue weighted by Crippen LogP contribution is 2.32. The zero-order valence-corrected chi connectivity index (χ0v) is 22.8. The van der Waals surface area contributed by atoms with Crippen molar-refractivity contribution in [2.75, 3.05) is 13.7 Å². The Morgan fingerprint density at radius 1 is 1.19 bits per heavy atom. The smallest absolute Gasteiger partial charge is 0.338 e. The second-order valence-electron chi connectivity index (χ2n) is 8.29. The van der Waals surface area contributed by atoms with E-state index >= 15 is 0 Å². The van der Waals surface area contributed by atoms with Crippen LogP contribution < -0.4 is 19.6 Å². The number of thiazole rings is 1. The number of ether oxygens (including phenoxy) is 2. The van der Waals surface area contributed by atoms with E-state index in [0.29, 0.717) is 37.9 Å². The van der Waals surface area contributed by atoms with E-state index in [2.05, 4.69) is 20.9 Å². The number of nitrogens with zero attached hydrogens (tertiary/aromatic N) is 2. The fraction of sp³-hybridized carbons (Fsp3) is 0.179. The fourth-order valence-corrected chi connectivity index (χ4v) is 5.70. The molecule has 1 atom stereocenters. The Morgan fingerprint density at radius 2 is 2.00 bits per heavy atom. The van der Waals surface area contributed by atoms with Crippen molar-refractivity contribution in [2.45, 2.75) is 19.9 Å². The van der Waals surface area contributed by atoms with E-state index in [1.165, 1.54) is 11.3 Å². The molecule has 7 nitrogen and oxygen atoms in total. The summed E-state index contributed by atoms with van der Waals surface area (Å²) < 4.78 is 19.7. The van der Waals surface area contributed by atoms with Crippen LogP contribution in [0, 0.1) is 0 Å². The fourth-order valence-electron chi connectivity index (χ4n) is 4.28. The summed E-state index contributed by atoms with van der Waals surface area (Å²) in [7, 11) is 1.57. The number of methoxy groups -OCH3 is 1. The molecular formula is C28H23BrN2O5S. The molecule has 2 aromatic heterocycles. The lowest BCUT2D eigenvalue weighted by Gasteiger charge is -2.24. The predicted molar refractivity (Wildman–Crippen MR) is 145 cm³/mol. The lowest BCUT2D eigenvalue weighted by atomic mass is 9.95. The monoisotopic (exact) mass is 578 g/mol. The van der Waals surface area contributed by atoms with Crippen LogP contribution in [0.15, 0.2) is 90.6 Å². The molecule has 0 saturated carbocycles. The Kier molecular flexibility index (Phi) is 6.99. The summed E-state index contributed by atoms with van der Waals surface area (Å²) in [6, 6.07) is 18.1.